The van der Waals surface area contributed by atoms with Gasteiger partial charge in [0.05, 0.1) is 16.9 Å². The van der Waals surface area contributed by atoms with Gasteiger partial charge in [-0.2, -0.15) is 13.2 Å². The van der Waals surface area contributed by atoms with Crippen LogP contribution < -0.4 is 4.90 Å². The van der Waals surface area contributed by atoms with E-state index in [4.69, 9.17) is 5.11 Å². The Kier molecular flexibility index (Phi) is 6.47. The van der Waals surface area contributed by atoms with Gasteiger partial charge in [-0.1, -0.05) is 12.1 Å². The van der Waals surface area contributed by atoms with Gasteiger partial charge >= 0.3 is 12.1 Å². The van der Waals surface area contributed by atoms with Gasteiger partial charge in [0.25, 0.3) is 0 Å². The van der Waals surface area contributed by atoms with Crippen molar-refractivity contribution in [3.05, 3.63) is 53.7 Å². The van der Waals surface area contributed by atoms with Crippen LogP contribution in [0.5, 0.6) is 0 Å². The molecule has 1 aliphatic rings. The molecule has 3 rings (SSSR count). The summed E-state index contributed by atoms with van der Waals surface area (Å²) < 4.78 is 53.2. The number of hydrogen-bond acceptors (Lipinski definition) is 4. The van der Waals surface area contributed by atoms with Crippen molar-refractivity contribution in [3.8, 4) is 0 Å². The Bertz CT molecular complexity index is 925. The molecule has 1 fully saturated rings. The van der Waals surface area contributed by atoms with Crippen LogP contribution in [0.3, 0.4) is 0 Å². The SMILES string of the molecule is CC1CN(S(=O)c2cccc(CC(=O)O)c2)CC(C)N1c1ccc(C(F)(F)F)cn1. The summed E-state index contributed by atoms with van der Waals surface area (Å²) >= 11 is 0. The Balaban J connectivity index is 1.74. The molecule has 0 radical (unpaired) electrons. The standard InChI is InChI=1S/C20H22F3N3O3S/c1-13-11-25(30(29)17-5-3-4-15(8-17)9-19(27)28)12-14(2)26(13)18-7-6-16(10-24-18)20(21,22)23/h3-8,10,13-14H,9,11-12H2,1-2H3,(H,27,28). The number of piperazine rings is 1. The van der Waals surface area contributed by atoms with Gasteiger partial charge in [0.1, 0.15) is 16.8 Å². The molecule has 2 heterocycles. The molecule has 1 saturated heterocycles. The predicted octanol–water partition coefficient (Wildman–Crippen LogP) is 3.35. The molecular formula is C20H22F3N3O3S. The zero-order valence-corrected chi connectivity index (χ0v) is 17.3. The van der Waals surface area contributed by atoms with Gasteiger partial charge in [-0.15, -0.1) is 0 Å². The number of aromatic nitrogens is 1. The van der Waals surface area contributed by atoms with Crippen molar-refractivity contribution in [1.29, 1.82) is 0 Å². The van der Waals surface area contributed by atoms with E-state index in [9.17, 15) is 22.2 Å². The van der Waals surface area contributed by atoms with Gasteiger partial charge in [0.15, 0.2) is 0 Å². The van der Waals surface area contributed by atoms with Crippen molar-refractivity contribution in [1.82, 2.24) is 9.29 Å². The molecule has 1 aliphatic heterocycles. The van der Waals surface area contributed by atoms with Crippen molar-refractivity contribution < 1.29 is 27.3 Å². The molecule has 0 aliphatic carbocycles. The Hall–Kier alpha value is -2.46. The number of halogens is 3. The van der Waals surface area contributed by atoms with Crippen LogP contribution in [0.4, 0.5) is 19.0 Å². The summed E-state index contributed by atoms with van der Waals surface area (Å²) in [6, 6.07) is 8.78. The Labute approximate surface area is 174 Å². The lowest BCUT2D eigenvalue weighted by Crippen LogP contribution is -2.57. The highest BCUT2D eigenvalue weighted by molar-refractivity contribution is 7.82. The summed E-state index contributed by atoms with van der Waals surface area (Å²) in [5, 5.41) is 8.95. The van der Waals surface area contributed by atoms with Crippen LogP contribution in [-0.2, 0) is 28.4 Å². The smallest absolute Gasteiger partial charge is 0.417 e. The normalized spacial score (nSPS) is 21.4. The van der Waals surface area contributed by atoms with Gasteiger partial charge < -0.3 is 10.0 Å². The zero-order chi connectivity index (χ0) is 22.1. The minimum atomic E-state index is -4.44. The Morgan fingerprint density at radius 2 is 1.87 bits per heavy atom. The molecule has 0 saturated carbocycles. The lowest BCUT2D eigenvalue weighted by Gasteiger charge is -2.44. The van der Waals surface area contributed by atoms with Crippen LogP contribution in [0, 0.1) is 0 Å². The third kappa shape index (κ3) is 4.99. The summed E-state index contributed by atoms with van der Waals surface area (Å²) in [5.41, 5.74) is -0.227. The van der Waals surface area contributed by atoms with Gasteiger partial charge in [-0.25, -0.2) is 13.5 Å². The number of aliphatic carboxylic acids is 1. The van der Waals surface area contributed by atoms with E-state index < -0.39 is 28.7 Å². The highest BCUT2D eigenvalue weighted by Gasteiger charge is 2.35. The molecule has 6 nitrogen and oxygen atoms in total. The minimum absolute atomic E-state index is 0.135. The monoisotopic (exact) mass is 441 g/mol. The van der Waals surface area contributed by atoms with Crippen molar-refractivity contribution >= 4 is 22.8 Å². The number of rotatable bonds is 5. The maximum absolute atomic E-state index is 13.1. The minimum Gasteiger partial charge on any atom is -0.481 e. The van der Waals surface area contributed by atoms with Crippen molar-refractivity contribution in [3.63, 3.8) is 0 Å². The van der Waals surface area contributed by atoms with Crippen molar-refractivity contribution in [2.75, 3.05) is 18.0 Å². The molecule has 0 amide bonds. The van der Waals surface area contributed by atoms with Crippen molar-refractivity contribution in [2.24, 2.45) is 0 Å². The molecule has 1 N–H and O–H groups in total. The number of nitrogens with zero attached hydrogens (tertiary/aromatic N) is 3. The fourth-order valence-corrected chi connectivity index (χ4v) is 5.10. The maximum atomic E-state index is 13.1. The molecule has 2 aromatic rings. The molecule has 0 bridgehead atoms. The topological polar surface area (TPSA) is 73.7 Å². The predicted molar refractivity (Wildman–Crippen MR) is 106 cm³/mol. The lowest BCUT2D eigenvalue weighted by atomic mass is 10.1. The summed E-state index contributed by atoms with van der Waals surface area (Å²) in [6.45, 7) is 4.64. The molecular weight excluding hydrogens is 419 g/mol. The van der Waals surface area contributed by atoms with E-state index in [1.54, 1.807) is 28.6 Å². The van der Waals surface area contributed by atoms with E-state index in [1.807, 2.05) is 18.7 Å². The second kappa shape index (κ2) is 8.73. The molecule has 0 spiro atoms. The molecule has 30 heavy (non-hydrogen) atoms. The van der Waals surface area contributed by atoms with Crippen LogP contribution in [-0.4, -0.2) is 49.7 Å². The van der Waals surface area contributed by atoms with E-state index in [1.165, 1.54) is 6.07 Å². The third-order valence-corrected chi connectivity index (χ3v) is 6.34. The number of benzene rings is 1. The molecule has 3 atom stereocenters. The first-order chi connectivity index (χ1) is 14.1. The number of alkyl halides is 3. The maximum Gasteiger partial charge on any atom is 0.417 e. The van der Waals surface area contributed by atoms with Crippen LogP contribution in [0.25, 0.3) is 0 Å². The van der Waals surface area contributed by atoms with Crippen molar-refractivity contribution in [2.45, 2.75) is 43.4 Å². The fraction of sp³-hybridized carbons (Fsp3) is 0.400. The highest BCUT2D eigenvalue weighted by atomic mass is 32.2. The molecule has 3 unspecified atom stereocenters. The molecule has 162 valence electrons. The number of pyridine rings is 1. The first kappa shape index (κ1) is 22.2. The highest BCUT2D eigenvalue weighted by Crippen LogP contribution is 2.31. The summed E-state index contributed by atoms with van der Waals surface area (Å²) in [4.78, 5) is 17.4. The second-order valence-corrected chi connectivity index (χ2v) is 8.81. The van der Waals surface area contributed by atoms with Crippen LogP contribution >= 0.6 is 0 Å². The average molecular weight is 441 g/mol. The fourth-order valence-electron chi connectivity index (χ4n) is 3.66. The number of hydrogen-bond donors (Lipinski definition) is 1. The number of anilines is 1. The number of carboxylic acid groups (broad SMARTS) is 1. The second-order valence-electron chi connectivity index (χ2n) is 7.32. The van der Waals surface area contributed by atoms with Gasteiger partial charge in [-0.3, -0.25) is 4.79 Å². The largest absolute Gasteiger partial charge is 0.481 e. The first-order valence-corrected chi connectivity index (χ1v) is 10.5. The van der Waals surface area contributed by atoms with E-state index in [-0.39, 0.29) is 18.5 Å². The Morgan fingerprint density at radius 1 is 1.20 bits per heavy atom. The summed E-state index contributed by atoms with van der Waals surface area (Å²) in [7, 11) is -1.48. The first-order valence-electron chi connectivity index (χ1n) is 9.35. The van der Waals surface area contributed by atoms with Gasteiger partial charge in [-0.05, 0) is 43.7 Å². The van der Waals surface area contributed by atoms with E-state index in [0.717, 1.165) is 12.3 Å². The van der Waals surface area contributed by atoms with Gasteiger partial charge in [0, 0.05) is 31.4 Å². The number of carbonyl (C=O) groups is 1. The molecule has 1 aromatic carbocycles. The lowest BCUT2D eigenvalue weighted by molar-refractivity contribution is -0.138. The van der Waals surface area contributed by atoms with E-state index in [0.29, 0.717) is 29.4 Å². The average Bonchev–Trinajstić information content (AvgIpc) is 2.66. The van der Waals surface area contributed by atoms with Gasteiger partial charge in [0.2, 0.25) is 0 Å². The summed E-state index contributed by atoms with van der Waals surface area (Å²) in [5.74, 6) is -0.519. The quantitative estimate of drug-likeness (QED) is 0.771. The van der Waals surface area contributed by atoms with Crippen LogP contribution in [0.1, 0.15) is 25.0 Å². The van der Waals surface area contributed by atoms with Crippen LogP contribution in [0.15, 0.2) is 47.5 Å². The summed E-state index contributed by atoms with van der Waals surface area (Å²) in [6.07, 6.45) is -3.76. The van der Waals surface area contributed by atoms with Crippen LogP contribution in [0.2, 0.25) is 0 Å². The third-order valence-electron chi connectivity index (χ3n) is 4.92. The van der Waals surface area contributed by atoms with E-state index >= 15 is 0 Å². The Morgan fingerprint density at radius 3 is 2.40 bits per heavy atom. The molecule has 10 heteroatoms. The van der Waals surface area contributed by atoms with E-state index in [2.05, 4.69) is 4.98 Å². The molecule has 1 aromatic heterocycles. The number of carboxylic acids is 1. The zero-order valence-electron chi connectivity index (χ0n) is 16.5.